The van der Waals surface area contributed by atoms with E-state index < -0.39 is 0 Å². The predicted octanol–water partition coefficient (Wildman–Crippen LogP) is 0.176. The lowest BCUT2D eigenvalue weighted by molar-refractivity contribution is 0.904. The maximum Gasteiger partial charge on any atom is 0.155 e. The van der Waals surface area contributed by atoms with Crippen molar-refractivity contribution in [2.45, 2.75) is 0 Å². The molecule has 0 aliphatic heterocycles. The second kappa shape index (κ2) is 2.24. The minimum atomic E-state index is 0.377. The smallest absolute Gasteiger partial charge is 0.155 e. The first-order valence-corrected chi connectivity index (χ1v) is 3.40. The average Bonchev–Trinajstić information content (AvgIpc) is 2.34. The van der Waals surface area contributed by atoms with E-state index in [1.807, 2.05) is 0 Å². The molecule has 0 N–H and O–H groups in total. The number of fused-ring (bicyclic) bond motifs is 1. The van der Waals surface area contributed by atoms with Gasteiger partial charge in [-0.2, -0.15) is 5.10 Å². The Morgan fingerprint density at radius 3 is 3.09 bits per heavy atom. The molecular formula is C6H3BClN3. The van der Waals surface area contributed by atoms with E-state index in [0.717, 1.165) is 0 Å². The third kappa shape index (κ3) is 0.904. The molecule has 0 saturated heterocycles. The summed E-state index contributed by atoms with van der Waals surface area (Å²) in [6.45, 7) is 0. The second-order valence-electron chi connectivity index (χ2n) is 2.12. The van der Waals surface area contributed by atoms with Gasteiger partial charge in [0.1, 0.15) is 14.2 Å². The Morgan fingerprint density at radius 2 is 2.36 bits per heavy atom. The molecular weight excluding hydrogens is 160 g/mol. The monoisotopic (exact) mass is 163 g/mol. The summed E-state index contributed by atoms with van der Waals surface area (Å²) in [7, 11) is 5.59. The number of rotatable bonds is 0. The van der Waals surface area contributed by atoms with Gasteiger partial charge >= 0.3 is 0 Å². The largest absolute Gasteiger partial charge is 0.237 e. The first kappa shape index (κ1) is 6.67. The fourth-order valence-electron chi connectivity index (χ4n) is 0.940. The molecule has 0 aliphatic carbocycles. The van der Waals surface area contributed by atoms with Gasteiger partial charge in [0.05, 0.1) is 5.52 Å². The molecule has 2 aromatic heterocycles. The average molecular weight is 163 g/mol. The van der Waals surface area contributed by atoms with Crippen LogP contribution in [0.4, 0.5) is 0 Å². The highest BCUT2D eigenvalue weighted by Crippen LogP contribution is 2.09. The van der Waals surface area contributed by atoms with Crippen molar-refractivity contribution in [3.05, 3.63) is 23.7 Å². The third-order valence-corrected chi connectivity index (χ3v) is 1.72. The van der Waals surface area contributed by atoms with E-state index in [1.54, 1.807) is 16.8 Å². The van der Waals surface area contributed by atoms with Crippen LogP contribution in [0.3, 0.4) is 0 Å². The first-order valence-electron chi connectivity index (χ1n) is 3.02. The van der Waals surface area contributed by atoms with Gasteiger partial charge in [-0.25, -0.2) is 9.50 Å². The lowest BCUT2D eigenvalue weighted by Gasteiger charge is -1.94. The summed E-state index contributed by atoms with van der Waals surface area (Å²) in [6.07, 6.45) is 3.12. The Morgan fingerprint density at radius 1 is 1.55 bits per heavy atom. The van der Waals surface area contributed by atoms with Crippen molar-refractivity contribution in [1.29, 1.82) is 0 Å². The zero-order valence-electron chi connectivity index (χ0n) is 5.53. The van der Waals surface area contributed by atoms with Crippen LogP contribution in [0.25, 0.3) is 5.52 Å². The summed E-state index contributed by atoms with van der Waals surface area (Å²) in [6, 6.07) is 1.73. The molecule has 2 rings (SSSR count). The lowest BCUT2D eigenvalue weighted by atomic mass is 9.99. The van der Waals surface area contributed by atoms with Crippen LogP contribution in [0.1, 0.15) is 0 Å². The van der Waals surface area contributed by atoms with E-state index >= 15 is 0 Å². The van der Waals surface area contributed by atoms with Gasteiger partial charge in [0.15, 0.2) is 5.15 Å². The van der Waals surface area contributed by atoms with Crippen molar-refractivity contribution in [1.82, 2.24) is 14.6 Å². The summed E-state index contributed by atoms with van der Waals surface area (Å²) in [5, 5.41) is 4.28. The van der Waals surface area contributed by atoms with Crippen molar-refractivity contribution in [3.8, 4) is 0 Å². The van der Waals surface area contributed by atoms with Crippen LogP contribution < -0.4 is 5.46 Å². The molecule has 0 spiro atoms. The maximum absolute atomic E-state index is 5.75. The van der Waals surface area contributed by atoms with Gasteiger partial charge in [-0.05, 0) is 6.07 Å². The maximum atomic E-state index is 5.75. The Labute approximate surface area is 69.4 Å². The molecule has 0 fully saturated rings. The topological polar surface area (TPSA) is 30.2 Å². The van der Waals surface area contributed by atoms with E-state index in [2.05, 4.69) is 10.1 Å². The standard InChI is InChI=1S/C6H3BClN3/c7-4-1-2-11-5(4)6(8)9-3-10-11/h1-3H. The quantitative estimate of drug-likeness (QED) is 0.519. The van der Waals surface area contributed by atoms with E-state index in [9.17, 15) is 0 Å². The Hall–Kier alpha value is -1.03. The van der Waals surface area contributed by atoms with Crippen LogP contribution in [0.5, 0.6) is 0 Å². The molecule has 0 bridgehead atoms. The van der Waals surface area contributed by atoms with Gasteiger partial charge in [-0.3, -0.25) is 0 Å². The number of halogens is 1. The Bertz CT molecular complexity index is 398. The molecule has 0 saturated carbocycles. The first-order chi connectivity index (χ1) is 5.29. The molecule has 0 amide bonds. The van der Waals surface area contributed by atoms with Crippen molar-refractivity contribution in [2.75, 3.05) is 0 Å². The molecule has 2 radical (unpaired) electrons. The van der Waals surface area contributed by atoms with Crippen molar-refractivity contribution in [3.63, 3.8) is 0 Å². The van der Waals surface area contributed by atoms with Gasteiger partial charge in [0.2, 0.25) is 0 Å². The minimum Gasteiger partial charge on any atom is -0.237 e. The van der Waals surface area contributed by atoms with Crippen LogP contribution in [0.15, 0.2) is 18.6 Å². The van der Waals surface area contributed by atoms with Gasteiger partial charge in [0, 0.05) is 6.20 Å². The summed E-state index contributed by atoms with van der Waals surface area (Å²) < 4.78 is 1.59. The molecule has 11 heavy (non-hydrogen) atoms. The molecule has 3 nitrogen and oxygen atoms in total. The summed E-state index contributed by atoms with van der Waals surface area (Å²) in [4.78, 5) is 3.79. The predicted molar refractivity (Wildman–Crippen MR) is 43.4 cm³/mol. The molecule has 5 heteroatoms. The fourth-order valence-corrected chi connectivity index (χ4v) is 1.18. The minimum absolute atomic E-state index is 0.377. The molecule has 2 aromatic rings. The Kier molecular flexibility index (Phi) is 1.36. The third-order valence-electron chi connectivity index (χ3n) is 1.44. The van der Waals surface area contributed by atoms with Crippen LogP contribution in [0.2, 0.25) is 5.15 Å². The molecule has 0 aliphatic rings. The molecule has 0 unspecified atom stereocenters. The second-order valence-corrected chi connectivity index (χ2v) is 2.47. The Balaban J connectivity index is 2.96. The van der Waals surface area contributed by atoms with Crippen LogP contribution in [0, 0.1) is 0 Å². The fraction of sp³-hybridized carbons (Fsp3) is 0. The van der Waals surface area contributed by atoms with Gasteiger partial charge in [-0.1, -0.05) is 17.1 Å². The summed E-state index contributed by atoms with van der Waals surface area (Å²) >= 11 is 5.75. The SMILES string of the molecule is [B]c1ccn2ncnc(Cl)c12. The highest BCUT2D eigenvalue weighted by molar-refractivity contribution is 6.41. The number of hydrogen-bond donors (Lipinski definition) is 0. The molecule has 2 heterocycles. The zero-order valence-corrected chi connectivity index (χ0v) is 6.28. The van der Waals surface area contributed by atoms with E-state index in [-0.39, 0.29) is 0 Å². The van der Waals surface area contributed by atoms with Gasteiger partial charge in [-0.15, -0.1) is 0 Å². The van der Waals surface area contributed by atoms with E-state index in [1.165, 1.54) is 6.33 Å². The van der Waals surface area contributed by atoms with E-state index in [0.29, 0.717) is 16.1 Å². The number of aromatic nitrogens is 3. The summed E-state index contributed by atoms with van der Waals surface area (Å²) in [5.41, 5.74) is 1.25. The summed E-state index contributed by atoms with van der Waals surface area (Å²) in [5.74, 6) is 0. The highest BCUT2D eigenvalue weighted by Gasteiger charge is 2.02. The van der Waals surface area contributed by atoms with Gasteiger partial charge < -0.3 is 0 Å². The number of hydrogen-bond acceptors (Lipinski definition) is 2. The van der Waals surface area contributed by atoms with Crippen molar-refractivity contribution in [2.24, 2.45) is 0 Å². The lowest BCUT2D eigenvalue weighted by Crippen LogP contribution is -2.02. The number of nitrogens with zero attached hydrogens (tertiary/aromatic N) is 3. The van der Waals surface area contributed by atoms with Crippen molar-refractivity contribution < 1.29 is 0 Å². The van der Waals surface area contributed by atoms with Gasteiger partial charge in [0.25, 0.3) is 0 Å². The van der Waals surface area contributed by atoms with Crippen LogP contribution >= 0.6 is 11.6 Å². The van der Waals surface area contributed by atoms with Crippen LogP contribution in [-0.2, 0) is 0 Å². The highest BCUT2D eigenvalue weighted by atomic mass is 35.5. The van der Waals surface area contributed by atoms with E-state index in [4.69, 9.17) is 19.4 Å². The zero-order chi connectivity index (χ0) is 7.84. The van der Waals surface area contributed by atoms with Crippen LogP contribution in [-0.4, -0.2) is 22.4 Å². The normalized spacial score (nSPS) is 10.6. The molecule has 0 atom stereocenters. The molecule has 0 aromatic carbocycles. The van der Waals surface area contributed by atoms with Crippen molar-refractivity contribution >= 4 is 30.4 Å². The molecule has 52 valence electrons.